The minimum atomic E-state index is -3.52. The Morgan fingerprint density at radius 3 is 2.68 bits per heavy atom. The number of nitrogens with zero attached hydrogens (tertiary/aromatic N) is 2. The summed E-state index contributed by atoms with van der Waals surface area (Å²) in [6, 6.07) is 10.6. The first-order valence-electron chi connectivity index (χ1n) is 9.10. The van der Waals surface area contributed by atoms with Crippen LogP contribution in [0.1, 0.15) is 31.4 Å². The summed E-state index contributed by atoms with van der Waals surface area (Å²) in [5.41, 5.74) is 1.01. The summed E-state index contributed by atoms with van der Waals surface area (Å²) in [6.45, 7) is 0. The third-order valence-electron chi connectivity index (χ3n) is 4.79. The highest BCUT2D eigenvalue weighted by Gasteiger charge is 2.27. The maximum Gasteiger partial charge on any atom is 0.217 e. The molecule has 1 aromatic carbocycles. The lowest BCUT2D eigenvalue weighted by Gasteiger charge is -2.29. The van der Waals surface area contributed by atoms with Gasteiger partial charge in [0, 0.05) is 23.7 Å². The number of aromatic nitrogens is 2. The van der Waals surface area contributed by atoms with Gasteiger partial charge >= 0.3 is 0 Å². The molecular formula is C19H20ClN3O4S. The van der Waals surface area contributed by atoms with Gasteiger partial charge in [-0.15, -0.1) is 0 Å². The SMILES string of the molecule is O=S(=O)(Cc1noc2ccccc12)NC1CCC(Oc2ccc(Cl)cn2)CC1. The quantitative estimate of drug-likeness (QED) is 0.652. The van der Waals surface area contributed by atoms with E-state index < -0.39 is 10.0 Å². The maximum atomic E-state index is 12.6. The van der Waals surface area contributed by atoms with Crippen molar-refractivity contribution in [2.45, 2.75) is 43.6 Å². The Morgan fingerprint density at radius 2 is 1.93 bits per heavy atom. The Labute approximate surface area is 168 Å². The number of sulfonamides is 1. The lowest BCUT2D eigenvalue weighted by molar-refractivity contribution is 0.138. The van der Waals surface area contributed by atoms with Gasteiger partial charge in [-0.05, 0) is 43.9 Å². The molecule has 1 aliphatic carbocycles. The van der Waals surface area contributed by atoms with Gasteiger partial charge in [0.1, 0.15) is 17.6 Å². The maximum absolute atomic E-state index is 12.6. The molecule has 0 atom stereocenters. The molecule has 148 valence electrons. The first kappa shape index (κ1) is 19.2. The third kappa shape index (κ3) is 4.63. The fraction of sp³-hybridized carbons (Fsp3) is 0.368. The number of rotatable bonds is 6. The minimum Gasteiger partial charge on any atom is -0.474 e. The minimum absolute atomic E-state index is 0.0221. The van der Waals surface area contributed by atoms with Crippen molar-refractivity contribution < 1.29 is 17.7 Å². The molecule has 0 bridgehead atoms. The van der Waals surface area contributed by atoms with Crippen LogP contribution >= 0.6 is 11.6 Å². The molecule has 1 fully saturated rings. The monoisotopic (exact) mass is 421 g/mol. The van der Waals surface area contributed by atoms with Gasteiger partial charge in [0.25, 0.3) is 0 Å². The molecule has 0 aliphatic heterocycles. The van der Waals surface area contributed by atoms with Crippen LogP contribution in [0.2, 0.25) is 5.02 Å². The lowest BCUT2D eigenvalue weighted by Crippen LogP contribution is -2.40. The van der Waals surface area contributed by atoms with Crippen molar-refractivity contribution in [3.63, 3.8) is 0 Å². The van der Waals surface area contributed by atoms with Crippen LogP contribution in [0, 0.1) is 0 Å². The van der Waals surface area contributed by atoms with Gasteiger partial charge in [-0.1, -0.05) is 28.9 Å². The number of benzene rings is 1. The van der Waals surface area contributed by atoms with Crippen LogP contribution in [0.5, 0.6) is 5.88 Å². The van der Waals surface area contributed by atoms with E-state index in [0.29, 0.717) is 35.0 Å². The van der Waals surface area contributed by atoms with Crippen molar-refractivity contribution in [1.29, 1.82) is 0 Å². The number of hydrogen-bond donors (Lipinski definition) is 1. The third-order valence-corrected chi connectivity index (χ3v) is 6.36. The van der Waals surface area contributed by atoms with Crippen LogP contribution in [0.25, 0.3) is 11.0 Å². The Bertz CT molecular complexity index is 1040. The summed E-state index contributed by atoms with van der Waals surface area (Å²) in [5, 5.41) is 5.19. The molecule has 0 saturated heterocycles. The van der Waals surface area contributed by atoms with Crippen LogP contribution in [-0.4, -0.2) is 30.7 Å². The molecule has 1 N–H and O–H groups in total. The standard InChI is InChI=1S/C19H20ClN3O4S/c20-13-5-10-19(21-11-13)26-15-8-6-14(7-9-15)23-28(24,25)12-17-16-3-1-2-4-18(16)27-22-17/h1-5,10-11,14-15,23H,6-9,12H2. The fourth-order valence-electron chi connectivity index (χ4n) is 3.42. The van der Waals surface area contributed by atoms with Gasteiger partial charge in [0.05, 0.1) is 5.02 Å². The highest BCUT2D eigenvalue weighted by Crippen LogP contribution is 2.25. The second kappa shape index (κ2) is 8.06. The molecule has 0 spiro atoms. The number of pyridine rings is 1. The first-order chi connectivity index (χ1) is 13.5. The molecule has 4 rings (SSSR count). The molecule has 1 aliphatic rings. The van der Waals surface area contributed by atoms with Crippen molar-refractivity contribution in [1.82, 2.24) is 14.9 Å². The summed E-state index contributed by atoms with van der Waals surface area (Å²) in [5.74, 6) is 0.334. The van der Waals surface area contributed by atoms with E-state index in [4.69, 9.17) is 20.9 Å². The molecule has 0 unspecified atom stereocenters. The van der Waals surface area contributed by atoms with Crippen molar-refractivity contribution >= 4 is 32.6 Å². The van der Waals surface area contributed by atoms with Crippen LogP contribution in [-0.2, 0) is 15.8 Å². The van der Waals surface area contributed by atoms with E-state index in [0.717, 1.165) is 18.2 Å². The normalized spacial score (nSPS) is 20.3. The number of ether oxygens (including phenoxy) is 1. The highest BCUT2D eigenvalue weighted by molar-refractivity contribution is 7.88. The van der Waals surface area contributed by atoms with Gasteiger partial charge in [-0.2, -0.15) is 0 Å². The fourth-order valence-corrected chi connectivity index (χ4v) is 4.93. The Morgan fingerprint density at radius 1 is 1.14 bits per heavy atom. The molecule has 9 heteroatoms. The number of fused-ring (bicyclic) bond motifs is 1. The Hall–Kier alpha value is -2.16. The summed E-state index contributed by atoms with van der Waals surface area (Å²) in [4.78, 5) is 4.14. The van der Waals surface area contributed by atoms with Crippen molar-refractivity contribution in [2.75, 3.05) is 0 Å². The highest BCUT2D eigenvalue weighted by atomic mass is 35.5. The van der Waals surface area contributed by atoms with E-state index in [2.05, 4.69) is 14.9 Å². The van der Waals surface area contributed by atoms with Crippen molar-refractivity contribution in [3.8, 4) is 5.88 Å². The topological polar surface area (TPSA) is 94.3 Å². The number of hydrogen-bond acceptors (Lipinski definition) is 6. The van der Waals surface area contributed by atoms with Crippen LogP contribution in [0.15, 0.2) is 47.1 Å². The molecule has 7 nitrogen and oxygen atoms in total. The van der Waals surface area contributed by atoms with Crippen LogP contribution in [0.4, 0.5) is 0 Å². The number of halogens is 1. The summed E-state index contributed by atoms with van der Waals surface area (Å²) >= 11 is 5.82. The van der Waals surface area contributed by atoms with E-state index in [-0.39, 0.29) is 17.9 Å². The van der Waals surface area contributed by atoms with Gasteiger partial charge < -0.3 is 9.26 Å². The van der Waals surface area contributed by atoms with E-state index in [9.17, 15) is 8.42 Å². The number of para-hydroxylation sites is 1. The molecule has 2 heterocycles. The number of nitrogens with one attached hydrogen (secondary N) is 1. The van der Waals surface area contributed by atoms with Gasteiger partial charge in [0.2, 0.25) is 15.9 Å². The smallest absolute Gasteiger partial charge is 0.217 e. The molecule has 28 heavy (non-hydrogen) atoms. The van der Waals surface area contributed by atoms with Gasteiger partial charge in [-0.25, -0.2) is 18.1 Å². The summed E-state index contributed by atoms with van der Waals surface area (Å²) in [6.07, 6.45) is 4.49. The molecule has 1 saturated carbocycles. The van der Waals surface area contributed by atoms with Crippen molar-refractivity contribution in [2.24, 2.45) is 0 Å². The van der Waals surface area contributed by atoms with E-state index in [1.807, 2.05) is 18.2 Å². The molecule has 2 aromatic heterocycles. The average Bonchev–Trinajstić information content (AvgIpc) is 3.07. The zero-order chi connectivity index (χ0) is 19.6. The van der Waals surface area contributed by atoms with Gasteiger partial charge in [0.15, 0.2) is 5.58 Å². The van der Waals surface area contributed by atoms with Crippen LogP contribution < -0.4 is 9.46 Å². The van der Waals surface area contributed by atoms with Gasteiger partial charge in [-0.3, -0.25) is 0 Å². The molecule has 0 amide bonds. The predicted molar refractivity (Wildman–Crippen MR) is 106 cm³/mol. The zero-order valence-electron chi connectivity index (χ0n) is 15.0. The summed E-state index contributed by atoms with van der Waals surface area (Å²) in [7, 11) is -3.52. The van der Waals surface area contributed by atoms with E-state index >= 15 is 0 Å². The second-order valence-electron chi connectivity index (χ2n) is 6.91. The first-order valence-corrected chi connectivity index (χ1v) is 11.1. The second-order valence-corrected chi connectivity index (χ2v) is 9.10. The summed E-state index contributed by atoms with van der Waals surface area (Å²) < 4.78 is 39.0. The Balaban J connectivity index is 1.31. The molecule has 0 radical (unpaired) electrons. The Kier molecular flexibility index (Phi) is 5.52. The average molecular weight is 422 g/mol. The largest absolute Gasteiger partial charge is 0.474 e. The van der Waals surface area contributed by atoms with Crippen LogP contribution in [0.3, 0.4) is 0 Å². The lowest BCUT2D eigenvalue weighted by atomic mass is 9.94. The predicted octanol–water partition coefficient (Wildman–Crippen LogP) is 3.69. The van der Waals surface area contributed by atoms with E-state index in [1.54, 1.807) is 24.4 Å². The molecule has 3 aromatic rings. The van der Waals surface area contributed by atoms with Crippen molar-refractivity contribution in [3.05, 3.63) is 53.3 Å². The molecular weight excluding hydrogens is 402 g/mol. The van der Waals surface area contributed by atoms with E-state index in [1.165, 1.54) is 0 Å². The zero-order valence-corrected chi connectivity index (χ0v) is 16.6.